The highest BCUT2D eigenvalue weighted by molar-refractivity contribution is 6.00. The number of carbonyl (C=O) groups excluding carboxylic acids is 1. The maximum absolute atomic E-state index is 12.0. The van der Waals surface area contributed by atoms with Gasteiger partial charge in [0.25, 0.3) is 5.91 Å². The second-order valence-electron chi connectivity index (χ2n) is 4.17. The van der Waals surface area contributed by atoms with Crippen LogP contribution in [0.3, 0.4) is 0 Å². The molecule has 1 aromatic carbocycles. The lowest BCUT2D eigenvalue weighted by molar-refractivity contribution is -0.125. The number of hydrogen-bond donors (Lipinski definition) is 0. The molecule has 1 unspecified atom stereocenters. The fourth-order valence-electron chi connectivity index (χ4n) is 2.02. The van der Waals surface area contributed by atoms with Crippen LogP contribution in [0, 0.1) is 0 Å². The number of rotatable bonds is 1. The zero-order valence-corrected chi connectivity index (χ0v) is 8.64. The summed E-state index contributed by atoms with van der Waals surface area (Å²) in [6.07, 6.45) is 1.89. The van der Waals surface area contributed by atoms with E-state index in [-0.39, 0.29) is 12.0 Å². The summed E-state index contributed by atoms with van der Waals surface area (Å²) < 4.78 is 5.56. The van der Waals surface area contributed by atoms with Gasteiger partial charge >= 0.3 is 0 Å². The first kappa shape index (κ1) is 8.77. The van der Waals surface area contributed by atoms with Gasteiger partial charge in [-0.05, 0) is 31.9 Å². The predicted octanol–water partition coefficient (Wildman–Crippen LogP) is 1.96. The standard InChI is InChI=1S/C12H13NO2/c1-8-12(14)13(9-6-7-9)10-4-2-3-5-11(10)15-8/h2-5,8-9H,6-7H2,1H3. The first-order valence-electron chi connectivity index (χ1n) is 5.36. The summed E-state index contributed by atoms with van der Waals surface area (Å²) in [6.45, 7) is 1.81. The maximum atomic E-state index is 12.0. The molecule has 1 fully saturated rings. The van der Waals surface area contributed by atoms with Gasteiger partial charge in [0.2, 0.25) is 0 Å². The van der Waals surface area contributed by atoms with E-state index in [9.17, 15) is 4.79 Å². The molecule has 1 aromatic rings. The van der Waals surface area contributed by atoms with E-state index >= 15 is 0 Å². The molecule has 0 aromatic heterocycles. The van der Waals surface area contributed by atoms with E-state index in [2.05, 4.69) is 0 Å². The molecule has 0 bridgehead atoms. The summed E-state index contributed by atoms with van der Waals surface area (Å²) >= 11 is 0. The third kappa shape index (κ3) is 1.30. The van der Waals surface area contributed by atoms with Crippen molar-refractivity contribution in [2.45, 2.75) is 31.9 Å². The summed E-state index contributed by atoms with van der Waals surface area (Å²) in [4.78, 5) is 13.9. The predicted molar refractivity (Wildman–Crippen MR) is 57.0 cm³/mol. The van der Waals surface area contributed by atoms with Crippen LogP contribution in [0.4, 0.5) is 5.69 Å². The Balaban J connectivity index is 2.08. The molecule has 0 saturated heterocycles. The Morgan fingerprint density at radius 3 is 2.80 bits per heavy atom. The zero-order valence-electron chi connectivity index (χ0n) is 8.64. The summed E-state index contributed by atoms with van der Waals surface area (Å²) in [5, 5.41) is 0. The van der Waals surface area contributed by atoms with Crippen molar-refractivity contribution in [2.75, 3.05) is 4.90 Å². The average molecular weight is 203 g/mol. The molecule has 1 aliphatic carbocycles. The largest absolute Gasteiger partial charge is 0.479 e. The Morgan fingerprint density at radius 2 is 2.07 bits per heavy atom. The molecular formula is C12H13NO2. The first-order chi connectivity index (χ1) is 7.27. The number of amides is 1. The Kier molecular flexibility index (Phi) is 1.75. The molecule has 15 heavy (non-hydrogen) atoms. The van der Waals surface area contributed by atoms with Crippen LogP contribution in [0.5, 0.6) is 5.75 Å². The van der Waals surface area contributed by atoms with E-state index in [4.69, 9.17) is 4.74 Å². The lowest BCUT2D eigenvalue weighted by Gasteiger charge is -2.33. The molecule has 0 spiro atoms. The first-order valence-corrected chi connectivity index (χ1v) is 5.36. The molecule has 78 valence electrons. The van der Waals surface area contributed by atoms with Gasteiger partial charge in [-0.1, -0.05) is 12.1 Å². The lowest BCUT2D eigenvalue weighted by Crippen LogP contribution is -2.45. The van der Waals surface area contributed by atoms with Crippen LogP contribution in [0.2, 0.25) is 0 Å². The van der Waals surface area contributed by atoms with Crippen LogP contribution < -0.4 is 9.64 Å². The SMILES string of the molecule is CC1Oc2ccccc2N(C2CC2)C1=O. The highest BCUT2D eigenvalue weighted by Gasteiger charge is 2.40. The molecular weight excluding hydrogens is 190 g/mol. The van der Waals surface area contributed by atoms with Gasteiger partial charge in [-0.25, -0.2) is 0 Å². The van der Waals surface area contributed by atoms with Crippen molar-refractivity contribution in [2.24, 2.45) is 0 Å². The number of fused-ring (bicyclic) bond motifs is 1. The minimum absolute atomic E-state index is 0.0937. The normalized spacial score (nSPS) is 24.7. The van der Waals surface area contributed by atoms with Crippen molar-refractivity contribution in [3.63, 3.8) is 0 Å². The highest BCUT2D eigenvalue weighted by atomic mass is 16.5. The second-order valence-corrected chi connectivity index (χ2v) is 4.17. The van der Waals surface area contributed by atoms with Gasteiger partial charge in [0.05, 0.1) is 5.69 Å². The third-order valence-corrected chi connectivity index (χ3v) is 2.93. The number of carbonyl (C=O) groups is 1. The fourth-order valence-corrected chi connectivity index (χ4v) is 2.02. The van der Waals surface area contributed by atoms with E-state index in [1.165, 1.54) is 0 Å². The molecule has 0 N–H and O–H groups in total. The van der Waals surface area contributed by atoms with Gasteiger partial charge in [-0.2, -0.15) is 0 Å². The van der Waals surface area contributed by atoms with Crippen LogP contribution in [-0.2, 0) is 4.79 Å². The molecule has 1 saturated carbocycles. The van der Waals surface area contributed by atoms with Crippen molar-refractivity contribution in [3.05, 3.63) is 24.3 Å². The Bertz CT molecular complexity index is 412. The number of hydrogen-bond acceptors (Lipinski definition) is 2. The average Bonchev–Trinajstić information content (AvgIpc) is 3.04. The second kappa shape index (κ2) is 2.99. The van der Waals surface area contributed by atoms with Crippen LogP contribution in [0.1, 0.15) is 19.8 Å². The number of para-hydroxylation sites is 2. The smallest absolute Gasteiger partial charge is 0.268 e. The molecule has 3 nitrogen and oxygen atoms in total. The van der Waals surface area contributed by atoms with Gasteiger partial charge < -0.3 is 9.64 Å². The van der Waals surface area contributed by atoms with Crippen molar-refractivity contribution < 1.29 is 9.53 Å². The summed E-state index contributed by atoms with van der Waals surface area (Å²) in [5.41, 5.74) is 0.933. The maximum Gasteiger partial charge on any atom is 0.268 e. The van der Waals surface area contributed by atoms with Crippen LogP contribution in [0.15, 0.2) is 24.3 Å². The monoisotopic (exact) mass is 203 g/mol. The molecule has 0 radical (unpaired) electrons. The van der Waals surface area contributed by atoms with Gasteiger partial charge in [-0.15, -0.1) is 0 Å². The molecule has 3 heteroatoms. The van der Waals surface area contributed by atoms with Gasteiger partial charge in [0.15, 0.2) is 6.10 Å². The van der Waals surface area contributed by atoms with Crippen molar-refractivity contribution in [1.29, 1.82) is 0 Å². The van der Waals surface area contributed by atoms with Crippen molar-refractivity contribution >= 4 is 11.6 Å². The molecule has 1 heterocycles. The van der Waals surface area contributed by atoms with Gasteiger partial charge in [0, 0.05) is 6.04 Å². The molecule has 1 atom stereocenters. The summed E-state index contributed by atoms with van der Waals surface area (Å²) in [6, 6.07) is 8.17. The molecule has 3 rings (SSSR count). The van der Waals surface area contributed by atoms with Crippen molar-refractivity contribution in [3.8, 4) is 5.75 Å². The summed E-state index contributed by atoms with van der Waals surface area (Å²) in [7, 11) is 0. The van der Waals surface area contributed by atoms with E-state index in [0.29, 0.717) is 6.04 Å². The van der Waals surface area contributed by atoms with Gasteiger partial charge in [-0.3, -0.25) is 4.79 Å². The Labute approximate surface area is 88.6 Å². The molecule has 2 aliphatic rings. The van der Waals surface area contributed by atoms with E-state index in [0.717, 1.165) is 24.3 Å². The summed E-state index contributed by atoms with van der Waals surface area (Å²) in [5.74, 6) is 0.924. The highest BCUT2D eigenvalue weighted by Crippen LogP contribution is 2.40. The third-order valence-electron chi connectivity index (χ3n) is 2.93. The zero-order chi connectivity index (χ0) is 10.4. The van der Waals surface area contributed by atoms with E-state index < -0.39 is 0 Å². The number of benzene rings is 1. The fraction of sp³-hybridized carbons (Fsp3) is 0.417. The van der Waals surface area contributed by atoms with Crippen LogP contribution >= 0.6 is 0 Å². The van der Waals surface area contributed by atoms with Gasteiger partial charge in [0.1, 0.15) is 5.75 Å². The minimum Gasteiger partial charge on any atom is -0.479 e. The lowest BCUT2D eigenvalue weighted by atomic mass is 10.2. The Hall–Kier alpha value is -1.51. The van der Waals surface area contributed by atoms with E-state index in [1.54, 1.807) is 0 Å². The number of nitrogens with zero attached hydrogens (tertiary/aromatic N) is 1. The van der Waals surface area contributed by atoms with Crippen LogP contribution in [-0.4, -0.2) is 18.1 Å². The molecule has 1 aliphatic heterocycles. The number of anilines is 1. The molecule has 1 amide bonds. The van der Waals surface area contributed by atoms with E-state index in [1.807, 2.05) is 36.1 Å². The van der Waals surface area contributed by atoms with Crippen LogP contribution in [0.25, 0.3) is 0 Å². The quantitative estimate of drug-likeness (QED) is 0.698. The number of ether oxygens (including phenoxy) is 1. The van der Waals surface area contributed by atoms with Crippen molar-refractivity contribution in [1.82, 2.24) is 0 Å². The Morgan fingerprint density at radius 1 is 1.33 bits per heavy atom. The minimum atomic E-state index is -0.347. The topological polar surface area (TPSA) is 29.5 Å².